The number of hydrogen-bond donors (Lipinski definition) is 2. The van der Waals surface area contributed by atoms with Crippen molar-refractivity contribution in [2.24, 2.45) is 4.99 Å². The summed E-state index contributed by atoms with van der Waals surface area (Å²) in [5.41, 5.74) is 0.878. The van der Waals surface area contributed by atoms with Gasteiger partial charge in [0.25, 0.3) is 0 Å². The lowest BCUT2D eigenvalue weighted by Gasteiger charge is -2.34. The molecule has 2 rings (SSSR count). The number of aliphatic imine (C=N–C) groups is 1. The van der Waals surface area contributed by atoms with Crippen molar-refractivity contribution in [3.8, 4) is 0 Å². The van der Waals surface area contributed by atoms with E-state index in [2.05, 4.69) is 20.5 Å². The number of anilines is 1. The third kappa shape index (κ3) is 8.80. The number of nitrogens with one attached hydrogen (secondary N) is 2. The first-order chi connectivity index (χ1) is 12.8. The number of piperidine rings is 1. The van der Waals surface area contributed by atoms with Gasteiger partial charge in [0.2, 0.25) is 0 Å². The van der Waals surface area contributed by atoms with Crippen LogP contribution in [0.5, 0.6) is 0 Å². The Morgan fingerprint density at radius 1 is 1.29 bits per heavy atom. The van der Waals surface area contributed by atoms with Gasteiger partial charge in [-0.25, -0.2) is 4.39 Å². The molecule has 0 aromatic heterocycles. The molecule has 5 nitrogen and oxygen atoms in total. The highest BCUT2D eigenvalue weighted by Gasteiger charge is 2.28. The van der Waals surface area contributed by atoms with E-state index in [-0.39, 0.29) is 42.4 Å². The molecule has 1 aliphatic heterocycles. The second-order valence-electron chi connectivity index (χ2n) is 6.74. The third-order valence-electron chi connectivity index (χ3n) is 4.47. The van der Waals surface area contributed by atoms with Crippen molar-refractivity contribution < 1.29 is 17.6 Å². The molecule has 1 aromatic carbocycles. The molecule has 1 aromatic rings. The van der Waals surface area contributed by atoms with Gasteiger partial charge in [-0.1, -0.05) is 6.07 Å². The van der Waals surface area contributed by atoms with Crippen molar-refractivity contribution in [3.05, 3.63) is 30.1 Å². The lowest BCUT2D eigenvalue weighted by atomic mass is 10.0. The van der Waals surface area contributed by atoms with Gasteiger partial charge in [-0.3, -0.25) is 9.89 Å². The number of nitrogens with zero attached hydrogens (tertiary/aromatic N) is 3. The van der Waals surface area contributed by atoms with E-state index in [4.69, 9.17) is 0 Å². The second-order valence-corrected chi connectivity index (χ2v) is 6.74. The molecule has 160 valence electrons. The smallest absolute Gasteiger partial charge is 0.371 e. The van der Waals surface area contributed by atoms with E-state index in [9.17, 15) is 17.6 Å². The predicted octanol–water partition coefficient (Wildman–Crippen LogP) is 3.07. The van der Waals surface area contributed by atoms with Crippen LogP contribution in [0.3, 0.4) is 0 Å². The molecule has 1 saturated heterocycles. The Morgan fingerprint density at radius 3 is 2.54 bits per heavy atom. The number of guanidine groups is 1. The van der Waals surface area contributed by atoms with Crippen LogP contribution in [0.1, 0.15) is 12.8 Å². The number of halogens is 5. The van der Waals surface area contributed by atoms with Crippen LogP contribution in [0, 0.1) is 5.82 Å². The number of likely N-dealkylation sites (N-methyl/N-ethyl adjacent to an activating group) is 1. The van der Waals surface area contributed by atoms with E-state index in [0.29, 0.717) is 12.5 Å². The fourth-order valence-corrected chi connectivity index (χ4v) is 3.09. The van der Waals surface area contributed by atoms with Gasteiger partial charge in [0.15, 0.2) is 5.96 Å². The molecule has 0 radical (unpaired) electrons. The number of rotatable bonds is 6. The van der Waals surface area contributed by atoms with Crippen LogP contribution in [0.15, 0.2) is 29.3 Å². The van der Waals surface area contributed by atoms with E-state index in [1.54, 1.807) is 13.1 Å². The molecule has 28 heavy (non-hydrogen) atoms. The van der Waals surface area contributed by atoms with Crippen LogP contribution in [0.25, 0.3) is 0 Å². The van der Waals surface area contributed by atoms with Gasteiger partial charge in [0, 0.05) is 45.0 Å². The van der Waals surface area contributed by atoms with Crippen molar-refractivity contribution >= 4 is 35.6 Å². The van der Waals surface area contributed by atoms with Gasteiger partial charge in [-0.2, -0.15) is 13.2 Å². The molecule has 0 saturated carbocycles. The average molecular weight is 517 g/mol. The SMILES string of the molecule is CN=C(NCCN(C)CC(F)(F)F)NC1CCN(c2cccc(F)c2)CC1.I. The molecule has 0 atom stereocenters. The number of benzene rings is 1. The van der Waals surface area contributed by atoms with E-state index in [0.717, 1.165) is 31.6 Å². The zero-order chi connectivity index (χ0) is 19.9. The predicted molar refractivity (Wildman–Crippen MR) is 115 cm³/mol. The Morgan fingerprint density at radius 2 is 1.96 bits per heavy atom. The van der Waals surface area contributed by atoms with Gasteiger partial charge in [-0.05, 0) is 38.1 Å². The maximum Gasteiger partial charge on any atom is 0.401 e. The summed E-state index contributed by atoms with van der Waals surface area (Å²) in [5.74, 6) is 0.340. The summed E-state index contributed by atoms with van der Waals surface area (Å²) in [4.78, 5) is 7.50. The van der Waals surface area contributed by atoms with E-state index >= 15 is 0 Å². The topological polar surface area (TPSA) is 42.9 Å². The van der Waals surface area contributed by atoms with Crippen molar-refractivity contribution in [3.63, 3.8) is 0 Å². The van der Waals surface area contributed by atoms with Crippen LogP contribution < -0.4 is 15.5 Å². The highest BCUT2D eigenvalue weighted by atomic mass is 127. The summed E-state index contributed by atoms with van der Waals surface area (Å²) in [6.45, 7) is 1.30. The Kier molecular flexibility index (Phi) is 10.3. The summed E-state index contributed by atoms with van der Waals surface area (Å²) >= 11 is 0. The molecule has 0 bridgehead atoms. The molecule has 1 fully saturated rings. The first-order valence-electron chi connectivity index (χ1n) is 9.00. The monoisotopic (exact) mass is 517 g/mol. The molecular weight excluding hydrogens is 489 g/mol. The van der Waals surface area contributed by atoms with Crippen LogP contribution in [0.4, 0.5) is 23.2 Å². The second kappa shape index (κ2) is 11.6. The van der Waals surface area contributed by atoms with Gasteiger partial charge in [0.1, 0.15) is 5.82 Å². The largest absolute Gasteiger partial charge is 0.401 e. The zero-order valence-corrected chi connectivity index (χ0v) is 18.4. The minimum atomic E-state index is -4.19. The van der Waals surface area contributed by atoms with Crippen LogP contribution in [-0.2, 0) is 0 Å². The summed E-state index contributed by atoms with van der Waals surface area (Å²) < 4.78 is 50.3. The van der Waals surface area contributed by atoms with Crippen LogP contribution in [0.2, 0.25) is 0 Å². The van der Waals surface area contributed by atoms with Crippen molar-refractivity contribution in [1.82, 2.24) is 15.5 Å². The van der Waals surface area contributed by atoms with E-state index in [1.807, 2.05) is 6.07 Å². The number of alkyl halides is 3. The third-order valence-corrected chi connectivity index (χ3v) is 4.47. The first-order valence-corrected chi connectivity index (χ1v) is 9.00. The maximum atomic E-state index is 13.4. The van der Waals surface area contributed by atoms with Crippen molar-refractivity contribution in [1.29, 1.82) is 0 Å². The normalized spacial score (nSPS) is 16.1. The van der Waals surface area contributed by atoms with Gasteiger partial charge in [-0.15, -0.1) is 24.0 Å². The van der Waals surface area contributed by atoms with Gasteiger partial charge >= 0.3 is 6.18 Å². The summed E-state index contributed by atoms with van der Waals surface area (Å²) in [7, 11) is 3.07. The molecular formula is C18H28F4IN5. The number of hydrogen-bond acceptors (Lipinski definition) is 3. The summed E-state index contributed by atoms with van der Waals surface area (Å²) in [6.07, 6.45) is -2.46. The highest BCUT2D eigenvalue weighted by molar-refractivity contribution is 14.0. The van der Waals surface area contributed by atoms with E-state index in [1.165, 1.54) is 24.1 Å². The highest BCUT2D eigenvalue weighted by Crippen LogP contribution is 2.20. The molecule has 0 aliphatic carbocycles. The zero-order valence-electron chi connectivity index (χ0n) is 16.1. The van der Waals surface area contributed by atoms with Crippen LogP contribution in [-0.4, -0.2) is 69.9 Å². The van der Waals surface area contributed by atoms with Crippen molar-refractivity contribution in [2.45, 2.75) is 25.1 Å². The maximum absolute atomic E-state index is 13.4. The molecule has 0 amide bonds. The quantitative estimate of drug-likeness (QED) is 0.264. The molecule has 10 heteroatoms. The Hall–Kier alpha value is -1.30. The van der Waals surface area contributed by atoms with Gasteiger partial charge < -0.3 is 15.5 Å². The fourth-order valence-electron chi connectivity index (χ4n) is 3.09. The molecule has 1 aliphatic rings. The van der Waals surface area contributed by atoms with Gasteiger partial charge in [0.05, 0.1) is 6.54 Å². The Bertz CT molecular complexity index is 618. The average Bonchev–Trinajstić information content (AvgIpc) is 2.60. The van der Waals surface area contributed by atoms with E-state index < -0.39 is 12.7 Å². The summed E-state index contributed by atoms with van der Waals surface area (Å²) in [5, 5.41) is 6.36. The van der Waals surface area contributed by atoms with Crippen LogP contribution >= 0.6 is 24.0 Å². The molecule has 1 heterocycles. The Balaban J connectivity index is 0.00000392. The molecule has 0 spiro atoms. The minimum absolute atomic E-state index is 0. The lowest BCUT2D eigenvalue weighted by Crippen LogP contribution is -2.50. The molecule has 2 N–H and O–H groups in total. The lowest BCUT2D eigenvalue weighted by molar-refractivity contribution is -0.142. The Labute approximate surface area is 180 Å². The van der Waals surface area contributed by atoms with Crippen molar-refractivity contribution in [2.75, 3.05) is 51.7 Å². The fraction of sp³-hybridized carbons (Fsp3) is 0.611. The first kappa shape index (κ1) is 24.7. The molecule has 0 unspecified atom stereocenters. The summed E-state index contributed by atoms with van der Waals surface area (Å²) in [6, 6.07) is 6.78. The standard InChI is InChI=1S/C18H27F4N5.HI/c1-23-17(24-8-11-26(2)13-18(20,21)22)25-15-6-9-27(10-7-15)16-5-3-4-14(19)12-16;/h3-5,12,15H,6-11,13H2,1-2H3,(H2,23,24,25);1H. The minimum Gasteiger partial charge on any atom is -0.371 e.